The van der Waals surface area contributed by atoms with Crippen LogP contribution in [0.4, 0.5) is 0 Å². The number of methoxy groups -OCH3 is 1. The molecule has 17 heavy (non-hydrogen) atoms. The second kappa shape index (κ2) is 4.56. The van der Waals surface area contributed by atoms with Crippen LogP contribution in [-0.2, 0) is 0 Å². The molecular weight excluding hydrogens is 222 g/mol. The van der Waals surface area contributed by atoms with Crippen molar-refractivity contribution in [1.82, 2.24) is 15.0 Å². The second-order valence-corrected chi connectivity index (χ2v) is 3.14. The van der Waals surface area contributed by atoms with E-state index in [1.54, 1.807) is 24.4 Å². The van der Waals surface area contributed by atoms with Crippen LogP contribution in [0.5, 0.6) is 6.01 Å². The van der Waals surface area contributed by atoms with Crippen LogP contribution in [-0.4, -0.2) is 33.1 Å². The highest BCUT2D eigenvalue weighted by molar-refractivity contribution is 5.93. The average molecular weight is 231 g/mol. The highest BCUT2D eigenvalue weighted by atomic mass is 16.5. The van der Waals surface area contributed by atoms with Crippen molar-refractivity contribution in [1.29, 1.82) is 0 Å². The molecule has 0 radical (unpaired) electrons. The van der Waals surface area contributed by atoms with Gasteiger partial charge in [-0.1, -0.05) is 6.07 Å². The van der Waals surface area contributed by atoms with E-state index in [0.717, 1.165) is 0 Å². The molecule has 0 spiro atoms. The van der Waals surface area contributed by atoms with E-state index in [1.807, 2.05) is 0 Å². The Labute approximate surface area is 96.9 Å². The SMILES string of the molecule is COc1ncc(C(=O)O)c(-c2ccccn2)n1. The number of ether oxygens (including phenoxy) is 1. The van der Waals surface area contributed by atoms with Crippen molar-refractivity contribution < 1.29 is 14.6 Å². The molecule has 0 aromatic carbocycles. The fourth-order valence-electron chi connectivity index (χ4n) is 1.32. The van der Waals surface area contributed by atoms with Crippen LogP contribution in [0, 0.1) is 0 Å². The molecule has 0 atom stereocenters. The molecule has 6 nitrogen and oxygen atoms in total. The Morgan fingerprint density at radius 1 is 1.35 bits per heavy atom. The lowest BCUT2D eigenvalue weighted by Gasteiger charge is -2.05. The van der Waals surface area contributed by atoms with E-state index in [4.69, 9.17) is 9.84 Å². The van der Waals surface area contributed by atoms with Crippen LogP contribution >= 0.6 is 0 Å². The number of carbonyl (C=O) groups is 1. The molecule has 6 heteroatoms. The van der Waals surface area contributed by atoms with Crippen molar-refractivity contribution in [3.63, 3.8) is 0 Å². The van der Waals surface area contributed by atoms with Crippen LogP contribution in [0.15, 0.2) is 30.6 Å². The maximum atomic E-state index is 11.0. The molecule has 0 aliphatic carbocycles. The first-order valence-electron chi connectivity index (χ1n) is 4.78. The quantitative estimate of drug-likeness (QED) is 0.855. The number of carboxylic acids is 1. The van der Waals surface area contributed by atoms with Crippen molar-refractivity contribution in [2.24, 2.45) is 0 Å². The molecule has 0 bridgehead atoms. The van der Waals surface area contributed by atoms with Gasteiger partial charge in [-0.25, -0.2) is 9.78 Å². The lowest BCUT2D eigenvalue weighted by molar-refractivity contribution is 0.0696. The van der Waals surface area contributed by atoms with Crippen molar-refractivity contribution in [3.8, 4) is 17.4 Å². The molecule has 0 fully saturated rings. The summed E-state index contributed by atoms with van der Waals surface area (Å²) in [7, 11) is 1.41. The van der Waals surface area contributed by atoms with Crippen LogP contribution in [0.25, 0.3) is 11.4 Å². The Morgan fingerprint density at radius 3 is 2.76 bits per heavy atom. The normalized spacial score (nSPS) is 9.94. The molecule has 2 rings (SSSR count). The van der Waals surface area contributed by atoms with E-state index in [0.29, 0.717) is 5.69 Å². The molecule has 0 aliphatic rings. The molecule has 86 valence electrons. The second-order valence-electron chi connectivity index (χ2n) is 3.14. The third-order valence-corrected chi connectivity index (χ3v) is 2.09. The molecule has 2 aromatic heterocycles. The van der Waals surface area contributed by atoms with Gasteiger partial charge >= 0.3 is 12.0 Å². The van der Waals surface area contributed by atoms with Gasteiger partial charge in [-0.15, -0.1) is 0 Å². The van der Waals surface area contributed by atoms with Crippen molar-refractivity contribution in [3.05, 3.63) is 36.2 Å². The number of aromatic nitrogens is 3. The minimum absolute atomic E-state index is 0.00972. The van der Waals surface area contributed by atoms with Gasteiger partial charge in [0.25, 0.3) is 0 Å². The maximum absolute atomic E-state index is 11.0. The van der Waals surface area contributed by atoms with Gasteiger partial charge in [-0.2, -0.15) is 4.98 Å². The third-order valence-electron chi connectivity index (χ3n) is 2.09. The Hall–Kier alpha value is -2.50. The zero-order chi connectivity index (χ0) is 12.3. The number of pyridine rings is 1. The lowest BCUT2D eigenvalue weighted by atomic mass is 10.1. The van der Waals surface area contributed by atoms with Crippen molar-refractivity contribution in [2.45, 2.75) is 0 Å². The standard InChI is InChI=1S/C11H9N3O3/c1-17-11-13-6-7(10(15)16)9(14-11)8-4-2-3-5-12-8/h2-6H,1H3,(H,15,16). The summed E-state index contributed by atoms with van der Waals surface area (Å²) in [6, 6.07) is 5.27. The summed E-state index contributed by atoms with van der Waals surface area (Å²) < 4.78 is 4.87. The minimum atomic E-state index is -1.10. The van der Waals surface area contributed by atoms with Crippen molar-refractivity contribution >= 4 is 5.97 Å². The smallest absolute Gasteiger partial charge is 0.339 e. The number of carboxylic acid groups (broad SMARTS) is 1. The number of hydrogen-bond donors (Lipinski definition) is 1. The first kappa shape index (κ1) is 11.0. The van der Waals surface area contributed by atoms with E-state index in [-0.39, 0.29) is 17.3 Å². The summed E-state index contributed by atoms with van der Waals surface area (Å²) in [4.78, 5) is 22.9. The fourth-order valence-corrected chi connectivity index (χ4v) is 1.32. The first-order chi connectivity index (χ1) is 8.22. The average Bonchev–Trinajstić information content (AvgIpc) is 2.39. The summed E-state index contributed by atoms with van der Waals surface area (Å²) in [6.45, 7) is 0. The van der Waals surface area contributed by atoms with Gasteiger partial charge in [-0.3, -0.25) is 4.98 Å². The molecule has 2 heterocycles. The van der Waals surface area contributed by atoms with Crippen molar-refractivity contribution in [2.75, 3.05) is 7.11 Å². The zero-order valence-corrected chi connectivity index (χ0v) is 8.99. The predicted molar refractivity (Wildman–Crippen MR) is 58.8 cm³/mol. The van der Waals surface area contributed by atoms with Gasteiger partial charge in [0.1, 0.15) is 11.3 Å². The molecular formula is C11H9N3O3. The minimum Gasteiger partial charge on any atom is -0.478 e. The summed E-state index contributed by atoms with van der Waals surface area (Å²) in [5.74, 6) is -1.10. The topological polar surface area (TPSA) is 85.2 Å². The van der Waals surface area contributed by atoms with E-state index in [2.05, 4.69) is 15.0 Å². The third kappa shape index (κ3) is 2.20. The van der Waals surface area contributed by atoms with Crippen LogP contribution in [0.1, 0.15) is 10.4 Å². The number of rotatable bonds is 3. The highest BCUT2D eigenvalue weighted by Crippen LogP contribution is 2.20. The molecule has 0 aliphatic heterocycles. The zero-order valence-electron chi connectivity index (χ0n) is 8.99. The Balaban J connectivity index is 2.61. The Morgan fingerprint density at radius 2 is 2.18 bits per heavy atom. The van der Waals surface area contributed by atoms with Crippen LogP contribution in [0.2, 0.25) is 0 Å². The monoisotopic (exact) mass is 231 g/mol. The van der Waals surface area contributed by atoms with E-state index in [9.17, 15) is 4.79 Å². The molecule has 0 unspecified atom stereocenters. The van der Waals surface area contributed by atoms with E-state index < -0.39 is 5.97 Å². The molecule has 2 aromatic rings. The van der Waals surface area contributed by atoms with Crippen LogP contribution in [0.3, 0.4) is 0 Å². The molecule has 0 saturated heterocycles. The predicted octanol–water partition coefficient (Wildman–Crippen LogP) is 1.25. The highest BCUT2D eigenvalue weighted by Gasteiger charge is 2.16. The first-order valence-corrected chi connectivity index (χ1v) is 4.78. The van der Waals surface area contributed by atoms with Gasteiger partial charge in [-0.05, 0) is 12.1 Å². The van der Waals surface area contributed by atoms with Crippen LogP contribution < -0.4 is 4.74 Å². The lowest BCUT2D eigenvalue weighted by Crippen LogP contribution is -2.05. The molecule has 1 N–H and O–H groups in total. The number of nitrogens with zero attached hydrogens (tertiary/aromatic N) is 3. The summed E-state index contributed by atoms with van der Waals surface area (Å²) in [6.07, 6.45) is 2.77. The Bertz CT molecular complexity index is 543. The molecule has 0 amide bonds. The summed E-state index contributed by atoms with van der Waals surface area (Å²) >= 11 is 0. The number of hydrogen-bond acceptors (Lipinski definition) is 5. The van der Waals surface area contributed by atoms with Gasteiger partial charge in [0, 0.05) is 12.4 Å². The fraction of sp³-hybridized carbons (Fsp3) is 0.0909. The van der Waals surface area contributed by atoms with E-state index in [1.165, 1.54) is 13.3 Å². The molecule has 0 saturated carbocycles. The van der Waals surface area contributed by atoms with Gasteiger partial charge in [0.05, 0.1) is 12.8 Å². The van der Waals surface area contributed by atoms with Gasteiger partial charge in [0.15, 0.2) is 0 Å². The maximum Gasteiger partial charge on any atom is 0.339 e. The van der Waals surface area contributed by atoms with E-state index >= 15 is 0 Å². The van der Waals surface area contributed by atoms with Gasteiger partial charge < -0.3 is 9.84 Å². The number of aromatic carboxylic acids is 1. The Kier molecular flexibility index (Phi) is 2.95. The summed E-state index contributed by atoms with van der Waals surface area (Å²) in [5, 5.41) is 9.04. The largest absolute Gasteiger partial charge is 0.478 e. The summed E-state index contributed by atoms with van der Waals surface area (Å²) in [5.41, 5.74) is 0.694. The van der Waals surface area contributed by atoms with Gasteiger partial charge in [0.2, 0.25) is 0 Å².